The highest BCUT2D eigenvalue weighted by Gasteiger charge is 2.49. The fourth-order valence-electron chi connectivity index (χ4n) is 9.43. The Kier molecular flexibility index (Phi) is 12.2. The quantitative estimate of drug-likeness (QED) is 0.411. The lowest BCUT2D eigenvalue weighted by Gasteiger charge is -2.53. The third-order valence-corrected chi connectivity index (χ3v) is 15.4. The highest BCUT2D eigenvalue weighted by Crippen LogP contribution is 2.47. The van der Waals surface area contributed by atoms with E-state index in [-0.39, 0.29) is 29.3 Å². The molecule has 1 saturated carbocycles. The van der Waals surface area contributed by atoms with Gasteiger partial charge in [0.15, 0.2) is 0 Å². The van der Waals surface area contributed by atoms with E-state index in [4.69, 9.17) is 21.1 Å². The van der Waals surface area contributed by atoms with Gasteiger partial charge in [-0.2, -0.15) is 0 Å². The molecule has 300 valence electrons. The fraction of sp³-hybridized carbons (Fsp3) is 0.619. The zero-order valence-corrected chi connectivity index (χ0v) is 34.4. The summed E-state index contributed by atoms with van der Waals surface area (Å²) in [6.07, 6.45) is 9.69. The molecule has 6 atom stereocenters. The van der Waals surface area contributed by atoms with Crippen molar-refractivity contribution in [1.82, 2.24) is 19.4 Å². The molecule has 0 radical (unpaired) electrons. The van der Waals surface area contributed by atoms with Crippen molar-refractivity contribution < 1.29 is 27.5 Å². The van der Waals surface area contributed by atoms with Crippen molar-refractivity contribution in [1.29, 1.82) is 0 Å². The van der Waals surface area contributed by atoms with E-state index in [1.165, 1.54) is 5.56 Å². The van der Waals surface area contributed by atoms with Crippen LogP contribution in [0.3, 0.4) is 0 Å². The van der Waals surface area contributed by atoms with Crippen molar-refractivity contribution in [2.45, 2.75) is 82.8 Å². The standard InChI is InChI=1S/C42H58ClN5O6S/c1-29-8-7-16-42(53-4,28-45-18-19-46-20-21-47(31(3)49)26-37(46)25-45)38-14-11-34(38)24-48-17-6-5-9-32-22-36(43)13-10-35(32)27-54-40-15-12-33(23-39(40)48)41(50)44-55(51,52)30(29)2/h7,10,12-13,15-16,22-23,29-30,34,37-38H,5-6,8-9,11,14,17-21,24-28H2,1-4H3,(H,44,50)/b16-7+/t29-,30+,34-,37+,38+,42-/m0/s1. The number of benzene rings is 2. The van der Waals surface area contributed by atoms with Crippen LogP contribution in [0.5, 0.6) is 5.75 Å². The summed E-state index contributed by atoms with van der Waals surface area (Å²) in [4.78, 5) is 35.3. The summed E-state index contributed by atoms with van der Waals surface area (Å²) < 4.78 is 42.9. The molecule has 5 aliphatic rings. The zero-order valence-electron chi connectivity index (χ0n) is 32.8. The zero-order chi connectivity index (χ0) is 38.9. The molecule has 2 amide bonds. The van der Waals surface area contributed by atoms with Gasteiger partial charge >= 0.3 is 0 Å². The Labute approximate surface area is 332 Å². The molecule has 4 heterocycles. The largest absolute Gasteiger partial charge is 0.487 e. The number of nitrogens with zero attached hydrogens (tertiary/aromatic N) is 4. The molecule has 4 aliphatic heterocycles. The normalized spacial score (nSPS) is 31.3. The van der Waals surface area contributed by atoms with Crippen LogP contribution in [0, 0.1) is 17.8 Å². The number of allylic oxidation sites excluding steroid dienone is 1. The van der Waals surface area contributed by atoms with Gasteiger partial charge in [0.05, 0.1) is 10.9 Å². The monoisotopic (exact) mass is 795 g/mol. The van der Waals surface area contributed by atoms with Crippen LogP contribution < -0.4 is 14.4 Å². The molecule has 0 aromatic heterocycles. The van der Waals surface area contributed by atoms with Crippen LogP contribution in [0.2, 0.25) is 5.02 Å². The Bertz CT molecular complexity index is 1880. The summed E-state index contributed by atoms with van der Waals surface area (Å²) in [5.41, 5.74) is 2.74. The minimum absolute atomic E-state index is 0.132. The van der Waals surface area contributed by atoms with E-state index < -0.39 is 26.8 Å². The lowest BCUT2D eigenvalue weighted by Crippen LogP contribution is -2.65. The third kappa shape index (κ3) is 8.73. The van der Waals surface area contributed by atoms with E-state index >= 15 is 0 Å². The maximum atomic E-state index is 13.7. The summed E-state index contributed by atoms with van der Waals surface area (Å²) in [7, 11) is -2.16. The minimum Gasteiger partial charge on any atom is -0.487 e. The molecule has 7 rings (SSSR count). The Morgan fingerprint density at radius 2 is 1.82 bits per heavy atom. The van der Waals surface area contributed by atoms with Crippen LogP contribution >= 0.6 is 11.6 Å². The maximum Gasteiger partial charge on any atom is 0.264 e. The van der Waals surface area contributed by atoms with Gasteiger partial charge in [0.2, 0.25) is 15.9 Å². The molecule has 13 heteroatoms. The predicted octanol–water partition coefficient (Wildman–Crippen LogP) is 5.37. The second-order valence-corrected chi connectivity index (χ2v) is 19.1. The predicted molar refractivity (Wildman–Crippen MR) is 216 cm³/mol. The van der Waals surface area contributed by atoms with Crippen LogP contribution in [0.4, 0.5) is 5.69 Å². The molecular weight excluding hydrogens is 738 g/mol. The van der Waals surface area contributed by atoms with E-state index in [1.54, 1.807) is 19.9 Å². The third-order valence-electron chi connectivity index (χ3n) is 13.2. The minimum atomic E-state index is -3.98. The average Bonchev–Trinajstić information content (AvgIpc) is 3.18. The average molecular weight is 796 g/mol. The second-order valence-electron chi connectivity index (χ2n) is 16.6. The van der Waals surface area contributed by atoms with Crippen LogP contribution in [0.25, 0.3) is 0 Å². The number of hydrogen-bond donors (Lipinski definition) is 1. The van der Waals surface area contributed by atoms with E-state index in [9.17, 15) is 18.0 Å². The number of piperazine rings is 2. The van der Waals surface area contributed by atoms with Crippen molar-refractivity contribution in [3.63, 3.8) is 0 Å². The number of halogens is 1. The number of carbonyl (C=O) groups is 2. The molecule has 0 unspecified atom stereocenters. The number of fused-ring (bicyclic) bond motifs is 4. The Morgan fingerprint density at radius 1 is 1.00 bits per heavy atom. The van der Waals surface area contributed by atoms with Crippen molar-refractivity contribution in [2.75, 3.05) is 70.9 Å². The highest BCUT2D eigenvalue weighted by molar-refractivity contribution is 7.90. The maximum absolute atomic E-state index is 13.7. The molecular formula is C42H58ClN5O6S. The molecule has 11 nitrogen and oxygen atoms in total. The van der Waals surface area contributed by atoms with E-state index in [1.807, 2.05) is 49.3 Å². The van der Waals surface area contributed by atoms with E-state index in [0.29, 0.717) is 36.3 Å². The number of methoxy groups -OCH3 is 1. The summed E-state index contributed by atoms with van der Waals surface area (Å²) in [6.45, 7) is 13.0. The van der Waals surface area contributed by atoms with Gasteiger partial charge in [0, 0.05) is 89.6 Å². The lowest BCUT2D eigenvalue weighted by molar-refractivity contribution is -0.134. The molecule has 55 heavy (non-hydrogen) atoms. The SMILES string of the molecule is CO[C@]1(CN2CCN3CCN(C(C)=O)C[C@H]3C2)/C=C/C[C@H](C)[C@@H](C)S(=O)(=O)NC(=O)c2ccc3c(c2)N(CCCCc2cc(Cl)ccc2CO3)C[C@@H]2CC[C@H]21. The van der Waals surface area contributed by atoms with Crippen LogP contribution in [0.1, 0.15) is 74.4 Å². The van der Waals surface area contributed by atoms with E-state index in [2.05, 4.69) is 31.6 Å². The van der Waals surface area contributed by atoms with Crippen LogP contribution in [-0.4, -0.2) is 118 Å². The number of sulfonamides is 1. The molecule has 2 saturated heterocycles. The highest BCUT2D eigenvalue weighted by atomic mass is 35.5. The second kappa shape index (κ2) is 16.7. The van der Waals surface area contributed by atoms with Gasteiger partial charge in [0.25, 0.3) is 5.91 Å². The van der Waals surface area contributed by atoms with Gasteiger partial charge in [-0.05, 0) is 105 Å². The molecule has 3 fully saturated rings. The van der Waals surface area contributed by atoms with Crippen molar-refractivity contribution in [3.05, 3.63) is 70.3 Å². The first-order valence-electron chi connectivity index (χ1n) is 20.2. The Morgan fingerprint density at radius 3 is 2.58 bits per heavy atom. The van der Waals surface area contributed by atoms with Gasteiger partial charge in [-0.25, -0.2) is 13.1 Å². The number of anilines is 1. The number of amides is 2. The number of hydrogen-bond acceptors (Lipinski definition) is 9. The van der Waals surface area contributed by atoms with Gasteiger partial charge in [-0.15, -0.1) is 0 Å². The number of nitrogens with one attached hydrogen (secondary N) is 1. The van der Waals surface area contributed by atoms with Crippen LogP contribution in [-0.2, 0) is 32.6 Å². The summed E-state index contributed by atoms with van der Waals surface area (Å²) in [5.74, 6) is 0.430. The van der Waals surface area contributed by atoms with Crippen molar-refractivity contribution in [3.8, 4) is 5.75 Å². The van der Waals surface area contributed by atoms with Gasteiger partial charge in [0.1, 0.15) is 18.0 Å². The molecule has 2 aromatic carbocycles. The molecule has 2 aromatic rings. The topological polar surface area (TPSA) is 112 Å². The van der Waals surface area contributed by atoms with Gasteiger partial charge in [-0.1, -0.05) is 36.7 Å². The van der Waals surface area contributed by atoms with Gasteiger partial charge < -0.3 is 19.3 Å². The van der Waals surface area contributed by atoms with Crippen molar-refractivity contribution >= 4 is 39.1 Å². The number of rotatable bonds is 3. The first kappa shape index (κ1) is 40.1. The lowest BCUT2D eigenvalue weighted by atomic mass is 9.63. The number of carbonyl (C=O) groups excluding carboxylic acids is 2. The Balaban J connectivity index is 1.23. The molecule has 2 bridgehead atoms. The first-order valence-corrected chi connectivity index (χ1v) is 22.1. The van der Waals surface area contributed by atoms with Crippen LogP contribution in [0.15, 0.2) is 48.6 Å². The van der Waals surface area contributed by atoms with Crippen molar-refractivity contribution in [2.24, 2.45) is 17.8 Å². The number of ether oxygens (including phenoxy) is 2. The summed E-state index contributed by atoms with van der Waals surface area (Å²) >= 11 is 6.41. The molecule has 1 N–H and O–H groups in total. The number of aryl methyl sites for hydroxylation is 1. The molecule has 0 spiro atoms. The Hall–Kier alpha value is -3.16. The summed E-state index contributed by atoms with van der Waals surface area (Å²) in [5, 5.41) is -0.0981. The smallest absolute Gasteiger partial charge is 0.264 e. The van der Waals surface area contributed by atoms with E-state index in [0.717, 1.165) is 95.7 Å². The molecule has 1 aliphatic carbocycles. The summed E-state index contributed by atoms with van der Waals surface area (Å²) in [6, 6.07) is 11.5. The first-order chi connectivity index (χ1) is 26.4. The van der Waals surface area contributed by atoms with Gasteiger partial charge in [-0.3, -0.25) is 19.4 Å². The fourth-order valence-corrected chi connectivity index (χ4v) is 10.9.